The summed E-state index contributed by atoms with van der Waals surface area (Å²) < 4.78 is 21.6. The zero-order valence-electron chi connectivity index (χ0n) is 16.7. The normalized spacial score (nSPS) is 20.1. The second-order valence-electron chi connectivity index (χ2n) is 7.56. The number of hydrogen-bond acceptors (Lipinski definition) is 7. The summed E-state index contributed by atoms with van der Waals surface area (Å²) in [4.78, 5) is 32.1. The van der Waals surface area contributed by atoms with Gasteiger partial charge in [-0.25, -0.2) is 0 Å². The monoisotopic (exact) mass is 431 g/mol. The lowest BCUT2D eigenvalue weighted by molar-refractivity contribution is -0.137. The Labute approximate surface area is 182 Å². The van der Waals surface area contributed by atoms with Crippen LogP contribution < -0.4 is 29.2 Å². The molecule has 1 aromatic heterocycles. The Morgan fingerprint density at radius 3 is 2.25 bits per heavy atom. The summed E-state index contributed by atoms with van der Waals surface area (Å²) in [5.41, 5.74) is 0.494. The fraction of sp³-hybridized carbons (Fsp3) is 0.174. The highest BCUT2D eigenvalue weighted by Crippen LogP contribution is 2.48. The van der Waals surface area contributed by atoms with Crippen molar-refractivity contribution in [1.29, 1.82) is 0 Å². The third-order valence-corrected chi connectivity index (χ3v) is 5.82. The Balaban J connectivity index is 1.40. The number of ether oxygens (including phenoxy) is 4. The van der Waals surface area contributed by atoms with E-state index in [0.717, 1.165) is 0 Å². The molecule has 0 aliphatic carbocycles. The average molecular weight is 431 g/mol. The Kier molecular flexibility index (Phi) is 3.97. The SMILES string of the molecule is O=C1CC(C(=O)Nc2ccc3c(c2)OCO3)(c2ccncc2)N1c1ccc2c(c1)OCO2. The number of pyridine rings is 1. The molecule has 1 unspecified atom stereocenters. The number of amides is 2. The van der Waals surface area contributed by atoms with Gasteiger partial charge in [0.05, 0.1) is 6.42 Å². The predicted octanol–water partition coefficient (Wildman–Crippen LogP) is 2.81. The van der Waals surface area contributed by atoms with E-state index in [1.807, 2.05) is 0 Å². The third kappa shape index (κ3) is 2.67. The van der Waals surface area contributed by atoms with Crippen molar-refractivity contribution >= 4 is 23.2 Å². The van der Waals surface area contributed by atoms with Gasteiger partial charge in [-0.2, -0.15) is 0 Å². The van der Waals surface area contributed by atoms with Gasteiger partial charge >= 0.3 is 0 Å². The quantitative estimate of drug-likeness (QED) is 0.634. The van der Waals surface area contributed by atoms with E-state index in [-0.39, 0.29) is 31.8 Å². The fourth-order valence-corrected chi connectivity index (χ4v) is 4.27. The van der Waals surface area contributed by atoms with Crippen LogP contribution in [0.15, 0.2) is 60.9 Å². The first-order chi connectivity index (χ1) is 15.6. The second kappa shape index (κ2) is 6.88. The van der Waals surface area contributed by atoms with E-state index in [1.165, 1.54) is 4.90 Å². The van der Waals surface area contributed by atoms with Gasteiger partial charge in [-0.05, 0) is 42.0 Å². The van der Waals surface area contributed by atoms with Gasteiger partial charge in [0.1, 0.15) is 0 Å². The maximum absolute atomic E-state index is 13.7. The van der Waals surface area contributed by atoms with Crippen LogP contribution in [0.1, 0.15) is 12.0 Å². The molecule has 3 aromatic rings. The molecule has 0 saturated carbocycles. The van der Waals surface area contributed by atoms with Gasteiger partial charge < -0.3 is 24.3 Å². The summed E-state index contributed by atoms with van der Waals surface area (Å²) in [6.45, 7) is 0.257. The van der Waals surface area contributed by atoms with Crippen molar-refractivity contribution in [3.8, 4) is 23.0 Å². The number of benzene rings is 2. The van der Waals surface area contributed by atoms with Crippen molar-refractivity contribution < 1.29 is 28.5 Å². The largest absolute Gasteiger partial charge is 0.454 e. The van der Waals surface area contributed by atoms with Gasteiger partial charge in [0.15, 0.2) is 28.5 Å². The number of carbonyl (C=O) groups excluding carboxylic acids is 2. The number of anilines is 2. The van der Waals surface area contributed by atoms with Crippen LogP contribution in [-0.4, -0.2) is 30.4 Å². The van der Waals surface area contributed by atoms with Crippen molar-refractivity contribution in [2.24, 2.45) is 0 Å². The van der Waals surface area contributed by atoms with Crippen molar-refractivity contribution in [2.75, 3.05) is 23.8 Å². The minimum atomic E-state index is -1.25. The molecule has 6 rings (SSSR count). The highest BCUT2D eigenvalue weighted by Gasteiger charge is 2.58. The van der Waals surface area contributed by atoms with Gasteiger partial charge in [0, 0.05) is 35.9 Å². The van der Waals surface area contributed by atoms with Crippen molar-refractivity contribution in [1.82, 2.24) is 4.98 Å². The standard InChI is InChI=1S/C23H17N3O6/c27-21-11-23(14-5-7-24-8-6-14,26(21)16-2-4-18-20(10-16)32-13-30-18)22(28)25-15-1-3-17-19(9-15)31-12-29-17/h1-10H,11-13H2,(H,25,28). The Hall–Kier alpha value is -4.27. The van der Waals surface area contributed by atoms with Crippen molar-refractivity contribution in [3.63, 3.8) is 0 Å². The Morgan fingerprint density at radius 2 is 1.53 bits per heavy atom. The first-order valence-electron chi connectivity index (χ1n) is 9.99. The van der Waals surface area contributed by atoms with Crippen LogP contribution in [-0.2, 0) is 15.1 Å². The molecular weight excluding hydrogens is 414 g/mol. The summed E-state index contributed by atoms with van der Waals surface area (Å²) in [5.74, 6) is 1.77. The lowest BCUT2D eigenvalue weighted by atomic mass is 9.76. The first-order valence-corrected chi connectivity index (χ1v) is 9.99. The Morgan fingerprint density at radius 1 is 0.875 bits per heavy atom. The topological polar surface area (TPSA) is 99.2 Å². The van der Waals surface area contributed by atoms with Gasteiger partial charge in [0.2, 0.25) is 19.5 Å². The molecule has 1 atom stereocenters. The molecule has 1 N–H and O–H groups in total. The Bertz CT molecular complexity index is 1250. The van der Waals surface area contributed by atoms with Crippen LogP contribution in [0.2, 0.25) is 0 Å². The molecule has 4 heterocycles. The molecule has 2 amide bonds. The first kappa shape index (κ1) is 18.5. The number of hydrogen-bond donors (Lipinski definition) is 1. The number of nitrogens with zero attached hydrogens (tertiary/aromatic N) is 2. The summed E-state index contributed by atoms with van der Waals surface area (Å²) in [6, 6.07) is 13.8. The zero-order chi connectivity index (χ0) is 21.7. The predicted molar refractivity (Wildman–Crippen MR) is 112 cm³/mol. The number of fused-ring (bicyclic) bond motifs is 2. The molecular formula is C23H17N3O6. The van der Waals surface area contributed by atoms with E-state index in [9.17, 15) is 9.59 Å². The number of β-lactam (4-membered cyclic amide) rings is 1. The summed E-state index contributed by atoms with van der Waals surface area (Å²) in [5, 5.41) is 2.94. The molecule has 32 heavy (non-hydrogen) atoms. The second-order valence-corrected chi connectivity index (χ2v) is 7.56. The molecule has 160 valence electrons. The summed E-state index contributed by atoms with van der Waals surface area (Å²) in [6.07, 6.45) is 3.22. The van der Waals surface area contributed by atoms with E-state index in [2.05, 4.69) is 10.3 Å². The number of carbonyl (C=O) groups is 2. The van der Waals surface area contributed by atoms with Crippen LogP contribution in [0.4, 0.5) is 11.4 Å². The van der Waals surface area contributed by atoms with Crippen molar-refractivity contribution in [2.45, 2.75) is 12.0 Å². The fourth-order valence-electron chi connectivity index (χ4n) is 4.27. The molecule has 3 aliphatic heterocycles. The van der Waals surface area contributed by atoms with Gasteiger partial charge in [0.25, 0.3) is 5.91 Å². The zero-order valence-corrected chi connectivity index (χ0v) is 16.7. The summed E-state index contributed by atoms with van der Waals surface area (Å²) in [7, 11) is 0. The van der Waals surface area contributed by atoms with E-state index in [0.29, 0.717) is 39.9 Å². The molecule has 9 nitrogen and oxygen atoms in total. The van der Waals surface area contributed by atoms with E-state index >= 15 is 0 Å². The smallest absolute Gasteiger partial charge is 0.255 e. The number of aromatic nitrogens is 1. The van der Waals surface area contributed by atoms with Crippen LogP contribution in [0.25, 0.3) is 0 Å². The highest BCUT2D eigenvalue weighted by molar-refractivity contribution is 6.17. The van der Waals surface area contributed by atoms with Crippen molar-refractivity contribution in [3.05, 3.63) is 66.5 Å². The lowest BCUT2D eigenvalue weighted by Gasteiger charge is -2.50. The molecule has 0 spiro atoms. The molecule has 3 aliphatic rings. The van der Waals surface area contributed by atoms with Gasteiger partial charge in [-0.3, -0.25) is 19.5 Å². The van der Waals surface area contributed by atoms with Gasteiger partial charge in [-0.15, -0.1) is 0 Å². The minimum absolute atomic E-state index is 0.0157. The highest BCUT2D eigenvalue weighted by atomic mass is 16.7. The molecule has 0 radical (unpaired) electrons. The molecule has 1 saturated heterocycles. The maximum Gasteiger partial charge on any atom is 0.255 e. The van der Waals surface area contributed by atoms with Crippen LogP contribution in [0.3, 0.4) is 0 Å². The van der Waals surface area contributed by atoms with Gasteiger partial charge in [-0.1, -0.05) is 0 Å². The summed E-state index contributed by atoms with van der Waals surface area (Å²) >= 11 is 0. The van der Waals surface area contributed by atoms with E-state index in [1.54, 1.807) is 60.9 Å². The molecule has 1 fully saturated rings. The van der Waals surface area contributed by atoms with E-state index < -0.39 is 5.54 Å². The van der Waals surface area contributed by atoms with Crippen LogP contribution in [0, 0.1) is 0 Å². The van der Waals surface area contributed by atoms with E-state index in [4.69, 9.17) is 18.9 Å². The van der Waals surface area contributed by atoms with Crippen LogP contribution in [0.5, 0.6) is 23.0 Å². The molecule has 2 aromatic carbocycles. The lowest BCUT2D eigenvalue weighted by Crippen LogP contribution is -2.67. The number of nitrogens with one attached hydrogen (secondary N) is 1. The minimum Gasteiger partial charge on any atom is -0.454 e. The molecule has 0 bridgehead atoms. The number of rotatable bonds is 4. The maximum atomic E-state index is 13.7. The van der Waals surface area contributed by atoms with Crippen LogP contribution >= 0.6 is 0 Å². The molecule has 9 heteroatoms. The average Bonchev–Trinajstić information content (AvgIpc) is 3.46. The third-order valence-electron chi connectivity index (χ3n) is 5.82.